The summed E-state index contributed by atoms with van der Waals surface area (Å²) in [6, 6.07) is 10.6. The molecule has 0 saturated carbocycles. The molecule has 0 radical (unpaired) electrons. The highest BCUT2D eigenvalue weighted by Gasteiger charge is 2.30. The predicted molar refractivity (Wildman–Crippen MR) is 152 cm³/mol. The van der Waals surface area contributed by atoms with Gasteiger partial charge in [0.1, 0.15) is 12.4 Å². The van der Waals surface area contributed by atoms with Crippen LogP contribution in [0.1, 0.15) is 42.5 Å². The molecule has 0 saturated heterocycles. The largest absolute Gasteiger partial charge is 0.416 e. The van der Waals surface area contributed by atoms with Crippen LogP contribution >= 0.6 is 11.8 Å². The number of alkyl halides is 3. The molecule has 2 aromatic carbocycles. The van der Waals surface area contributed by atoms with E-state index in [9.17, 15) is 27.2 Å². The SMILES string of the molecule is CCCN(Cc1cnc(-c2ccc(C(F)(F)F)cc2)nc1)C(=O)Cn1cc(CC)c(=O)nc1SCc1ccc(F)cc1. The van der Waals surface area contributed by atoms with E-state index in [-0.39, 0.29) is 36.2 Å². The summed E-state index contributed by atoms with van der Waals surface area (Å²) in [5, 5.41) is 0.385. The van der Waals surface area contributed by atoms with E-state index in [0.29, 0.717) is 47.0 Å². The summed E-state index contributed by atoms with van der Waals surface area (Å²) in [5.41, 5.74) is 1.34. The van der Waals surface area contributed by atoms with Crippen molar-refractivity contribution in [1.29, 1.82) is 0 Å². The van der Waals surface area contributed by atoms with E-state index < -0.39 is 11.7 Å². The maximum Gasteiger partial charge on any atom is 0.416 e. The summed E-state index contributed by atoms with van der Waals surface area (Å²) in [6.45, 7) is 4.44. The van der Waals surface area contributed by atoms with E-state index >= 15 is 0 Å². The number of thioether (sulfide) groups is 1. The van der Waals surface area contributed by atoms with E-state index in [4.69, 9.17) is 0 Å². The number of rotatable bonds is 11. The molecule has 0 aliphatic rings. The van der Waals surface area contributed by atoms with E-state index in [1.54, 1.807) is 40.2 Å². The molecule has 0 unspecified atom stereocenters. The third-order valence-electron chi connectivity index (χ3n) is 6.39. The van der Waals surface area contributed by atoms with Crippen molar-refractivity contribution in [2.24, 2.45) is 0 Å². The fraction of sp³-hybridized carbons (Fsp3) is 0.300. The summed E-state index contributed by atoms with van der Waals surface area (Å²) >= 11 is 1.29. The Morgan fingerprint density at radius 2 is 1.64 bits per heavy atom. The zero-order chi connectivity index (χ0) is 30.3. The molecule has 0 N–H and O–H groups in total. The first-order valence-corrected chi connectivity index (χ1v) is 14.3. The number of aryl methyl sites for hydroxylation is 1. The quantitative estimate of drug-likeness (QED) is 0.117. The van der Waals surface area contributed by atoms with Crippen LogP contribution in [-0.2, 0) is 36.2 Å². The number of hydrogen-bond acceptors (Lipinski definition) is 6. The molecule has 2 aromatic heterocycles. The minimum Gasteiger partial charge on any atom is -0.337 e. The normalized spacial score (nSPS) is 11.5. The van der Waals surface area contributed by atoms with Crippen molar-refractivity contribution in [2.75, 3.05) is 6.54 Å². The fourth-order valence-electron chi connectivity index (χ4n) is 4.14. The number of amides is 1. The number of aromatic nitrogens is 4. The Hall–Kier alpha value is -4.06. The first-order valence-electron chi connectivity index (χ1n) is 13.3. The third kappa shape index (κ3) is 8.03. The number of halogens is 4. The Kier molecular flexibility index (Phi) is 10.1. The topological polar surface area (TPSA) is 81.0 Å². The zero-order valence-electron chi connectivity index (χ0n) is 23.1. The van der Waals surface area contributed by atoms with Gasteiger partial charge in [0.25, 0.3) is 5.56 Å². The summed E-state index contributed by atoms with van der Waals surface area (Å²) < 4.78 is 53.6. The Labute approximate surface area is 244 Å². The highest BCUT2D eigenvalue weighted by Crippen LogP contribution is 2.30. The molecule has 0 atom stereocenters. The standard InChI is InChI=1S/C30H29F4N5O2S/c1-3-13-38(16-21-14-35-27(36-15-21)23-7-9-24(10-8-23)30(32,33)34)26(40)18-39-17-22(4-2)28(41)37-29(39)42-19-20-5-11-25(31)12-6-20/h5-12,14-15,17H,3-4,13,16,18-19H2,1-2H3. The maximum atomic E-state index is 13.5. The maximum absolute atomic E-state index is 13.5. The Balaban J connectivity index is 1.49. The molecule has 7 nitrogen and oxygen atoms in total. The van der Waals surface area contributed by atoms with Crippen LogP contribution in [0.4, 0.5) is 17.6 Å². The molecule has 42 heavy (non-hydrogen) atoms. The van der Waals surface area contributed by atoms with Gasteiger partial charge in [0, 0.05) is 54.1 Å². The lowest BCUT2D eigenvalue weighted by molar-refractivity contribution is -0.137. The van der Waals surface area contributed by atoms with Gasteiger partial charge < -0.3 is 9.47 Å². The van der Waals surface area contributed by atoms with Crippen molar-refractivity contribution in [3.05, 3.63) is 106 Å². The van der Waals surface area contributed by atoms with Crippen LogP contribution in [0.25, 0.3) is 11.4 Å². The second-order valence-corrected chi connectivity index (χ2v) is 10.5. The Morgan fingerprint density at radius 1 is 0.976 bits per heavy atom. The van der Waals surface area contributed by atoms with Gasteiger partial charge in [-0.05, 0) is 42.7 Å². The monoisotopic (exact) mass is 599 g/mol. The van der Waals surface area contributed by atoms with Gasteiger partial charge in [-0.1, -0.05) is 49.9 Å². The lowest BCUT2D eigenvalue weighted by Crippen LogP contribution is -2.35. The molecule has 0 aliphatic heterocycles. The molecule has 2 heterocycles. The molecule has 1 amide bonds. The number of carbonyl (C=O) groups excluding carboxylic acids is 1. The number of benzene rings is 2. The molecule has 4 rings (SSSR count). The summed E-state index contributed by atoms with van der Waals surface area (Å²) in [4.78, 5) is 40.4. The van der Waals surface area contributed by atoms with Crippen LogP contribution in [0.5, 0.6) is 0 Å². The summed E-state index contributed by atoms with van der Waals surface area (Å²) in [7, 11) is 0. The summed E-state index contributed by atoms with van der Waals surface area (Å²) in [5.74, 6) is 0.176. The minimum atomic E-state index is -4.43. The van der Waals surface area contributed by atoms with Crippen LogP contribution < -0.4 is 5.56 Å². The third-order valence-corrected chi connectivity index (χ3v) is 7.45. The van der Waals surface area contributed by atoms with Crippen LogP contribution in [-0.4, -0.2) is 36.9 Å². The Morgan fingerprint density at radius 3 is 2.24 bits per heavy atom. The van der Waals surface area contributed by atoms with Crippen molar-refractivity contribution in [3.8, 4) is 11.4 Å². The second-order valence-electron chi connectivity index (χ2n) is 9.56. The molecule has 0 fully saturated rings. The van der Waals surface area contributed by atoms with Gasteiger partial charge in [0.05, 0.1) is 5.56 Å². The Bertz CT molecular complexity index is 1560. The van der Waals surface area contributed by atoms with E-state index in [1.807, 2.05) is 13.8 Å². The van der Waals surface area contributed by atoms with Gasteiger partial charge in [-0.2, -0.15) is 18.2 Å². The molecule has 4 aromatic rings. The van der Waals surface area contributed by atoms with Crippen LogP contribution in [0.15, 0.2) is 77.1 Å². The second kappa shape index (κ2) is 13.7. The number of nitrogens with zero attached hydrogens (tertiary/aromatic N) is 5. The van der Waals surface area contributed by atoms with Crippen molar-refractivity contribution >= 4 is 17.7 Å². The average molecular weight is 600 g/mol. The molecule has 220 valence electrons. The van der Waals surface area contributed by atoms with E-state index in [2.05, 4.69) is 15.0 Å². The van der Waals surface area contributed by atoms with Crippen LogP contribution in [0, 0.1) is 5.82 Å². The first kappa shape index (κ1) is 30.9. The summed E-state index contributed by atoms with van der Waals surface area (Å²) in [6.07, 6.45) is 1.50. The molecule has 0 bridgehead atoms. The molecular weight excluding hydrogens is 570 g/mol. The van der Waals surface area contributed by atoms with E-state index in [0.717, 1.165) is 17.7 Å². The predicted octanol–water partition coefficient (Wildman–Crippen LogP) is 6.15. The minimum absolute atomic E-state index is 0.0451. The van der Waals surface area contributed by atoms with Gasteiger partial charge in [0.2, 0.25) is 5.91 Å². The van der Waals surface area contributed by atoms with Gasteiger partial charge in [-0.15, -0.1) is 0 Å². The number of hydrogen-bond donors (Lipinski definition) is 0. The van der Waals surface area contributed by atoms with Crippen LogP contribution in [0.2, 0.25) is 0 Å². The highest BCUT2D eigenvalue weighted by molar-refractivity contribution is 7.98. The lowest BCUT2D eigenvalue weighted by atomic mass is 10.1. The number of carbonyl (C=O) groups is 1. The van der Waals surface area contributed by atoms with Crippen molar-refractivity contribution in [1.82, 2.24) is 24.4 Å². The fourth-order valence-corrected chi connectivity index (χ4v) is 5.06. The molecule has 12 heteroatoms. The van der Waals surface area contributed by atoms with E-state index in [1.165, 1.54) is 36.0 Å². The van der Waals surface area contributed by atoms with Gasteiger partial charge in [0.15, 0.2) is 11.0 Å². The molecule has 0 spiro atoms. The van der Waals surface area contributed by atoms with Gasteiger partial charge in [-0.3, -0.25) is 9.59 Å². The smallest absolute Gasteiger partial charge is 0.337 e. The van der Waals surface area contributed by atoms with Crippen molar-refractivity contribution in [3.63, 3.8) is 0 Å². The lowest BCUT2D eigenvalue weighted by Gasteiger charge is -2.23. The van der Waals surface area contributed by atoms with Gasteiger partial charge >= 0.3 is 6.18 Å². The van der Waals surface area contributed by atoms with Crippen molar-refractivity contribution < 1.29 is 22.4 Å². The molecular formula is C30H29F4N5O2S. The average Bonchev–Trinajstić information content (AvgIpc) is 2.97. The highest BCUT2D eigenvalue weighted by atomic mass is 32.2. The van der Waals surface area contributed by atoms with Crippen LogP contribution in [0.3, 0.4) is 0 Å². The van der Waals surface area contributed by atoms with Gasteiger partial charge in [-0.25, -0.2) is 14.4 Å². The zero-order valence-corrected chi connectivity index (χ0v) is 23.9. The molecule has 0 aliphatic carbocycles. The van der Waals surface area contributed by atoms with Crippen molar-refractivity contribution in [2.45, 2.75) is 56.9 Å². The first-order chi connectivity index (χ1) is 20.1.